The second-order valence-corrected chi connectivity index (χ2v) is 5.56. The molecule has 0 aliphatic rings. The van der Waals surface area contributed by atoms with Gasteiger partial charge in [-0.1, -0.05) is 18.2 Å². The first kappa shape index (κ1) is 19.4. The van der Waals surface area contributed by atoms with Gasteiger partial charge < -0.3 is 20.1 Å². The summed E-state index contributed by atoms with van der Waals surface area (Å²) < 4.78 is 46.4. The average molecular weight is 368 g/mol. The zero-order valence-electron chi connectivity index (χ0n) is 14.3. The Hall–Kier alpha value is -2.90. The van der Waals surface area contributed by atoms with Gasteiger partial charge in [0.15, 0.2) is 6.61 Å². The average Bonchev–Trinajstić information content (AvgIpc) is 2.58. The molecule has 0 radical (unpaired) electrons. The van der Waals surface area contributed by atoms with Crippen LogP contribution < -0.4 is 20.1 Å². The summed E-state index contributed by atoms with van der Waals surface area (Å²) in [6.07, 6.45) is -4.40. The number of hydrogen-bond acceptors (Lipinski definition) is 3. The van der Waals surface area contributed by atoms with Crippen molar-refractivity contribution in [2.75, 3.05) is 19.0 Å². The first-order chi connectivity index (χ1) is 12.3. The number of benzene rings is 2. The number of anilines is 1. The fourth-order valence-corrected chi connectivity index (χ4v) is 2.18. The van der Waals surface area contributed by atoms with E-state index in [1.54, 1.807) is 24.3 Å². The number of carbonyl (C=O) groups is 1. The molecule has 2 aromatic rings. The molecule has 2 aromatic carbocycles. The lowest BCUT2D eigenvalue weighted by molar-refractivity contribution is -0.153. The van der Waals surface area contributed by atoms with Gasteiger partial charge in [0.1, 0.15) is 11.5 Å². The zero-order valence-corrected chi connectivity index (χ0v) is 14.3. The van der Waals surface area contributed by atoms with Crippen LogP contribution in [-0.4, -0.2) is 25.9 Å². The van der Waals surface area contributed by atoms with Crippen molar-refractivity contribution < 1.29 is 27.4 Å². The normalized spacial score (nSPS) is 11.0. The standard InChI is InChI=1S/C18H19F3N2O3/c1-12-6-7-16(25-2)15(8-12)23-17(24)22-10-13-4-3-5-14(9-13)26-11-18(19,20)21/h3-9H,10-11H2,1-2H3,(H2,22,23,24). The summed E-state index contributed by atoms with van der Waals surface area (Å²) in [6, 6.07) is 11.0. The first-order valence-corrected chi connectivity index (χ1v) is 7.75. The van der Waals surface area contributed by atoms with Gasteiger partial charge in [-0.25, -0.2) is 4.79 Å². The molecule has 5 nitrogen and oxygen atoms in total. The number of urea groups is 1. The molecule has 0 heterocycles. The molecule has 0 atom stereocenters. The molecule has 0 aliphatic heterocycles. The number of hydrogen-bond donors (Lipinski definition) is 2. The quantitative estimate of drug-likeness (QED) is 0.801. The van der Waals surface area contributed by atoms with Gasteiger partial charge in [-0.15, -0.1) is 0 Å². The van der Waals surface area contributed by atoms with Crippen LogP contribution in [0.2, 0.25) is 0 Å². The number of halogens is 3. The molecule has 2 amide bonds. The van der Waals surface area contributed by atoms with Gasteiger partial charge in [-0.2, -0.15) is 13.2 Å². The highest BCUT2D eigenvalue weighted by Gasteiger charge is 2.28. The van der Waals surface area contributed by atoms with E-state index in [1.165, 1.54) is 19.2 Å². The minimum absolute atomic E-state index is 0.0855. The van der Waals surface area contributed by atoms with E-state index in [4.69, 9.17) is 4.74 Å². The van der Waals surface area contributed by atoms with Gasteiger partial charge in [0.25, 0.3) is 0 Å². The molecule has 0 saturated heterocycles. The minimum atomic E-state index is -4.40. The molecular formula is C18H19F3N2O3. The van der Waals surface area contributed by atoms with Crippen LogP contribution in [0.5, 0.6) is 11.5 Å². The minimum Gasteiger partial charge on any atom is -0.495 e. The topological polar surface area (TPSA) is 59.6 Å². The monoisotopic (exact) mass is 368 g/mol. The number of rotatable bonds is 6. The second-order valence-electron chi connectivity index (χ2n) is 5.56. The van der Waals surface area contributed by atoms with E-state index < -0.39 is 18.8 Å². The molecule has 2 rings (SSSR count). The molecule has 140 valence electrons. The zero-order chi connectivity index (χ0) is 19.2. The van der Waals surface area contributed by atoms with Crippen molar-refractivity contribution in [2.24, 2.45) is 0 Å². The number of aryl methyl sites for hydroxylation is 1. The summed E-state index contributed by atoms with van der Waals surface area (Å²) in [5.74, 6) is 0.607. The van der Waals surface area contributed by atoms with E-state index in [1.807, 2.05) is 13.0 Å². The van der Waals surface area contributed by atoms with Crippen molar-refractivity contribution in [3.05, 3.63) is 53.6 Å². The Kier molecular flexibility index (Phi) is 6.32. The molecule has 8 heteroatoms. The number of alkyl halides is 3. The Morgan fingerprint density at radius 2 is 1.92 bits per heavy atom. The van der Waals surface area contributed by atoms with Crippen LogP contribution in [0.25, 0.3) is 0 Å². The maximum Gasteiger partial charge on any atom is 0.422 e. The van der Waals surface area contributed by atoms with E-state index in [0.29, 0.717) is 17.0 Å². The third-order valence-electron chi connectivity index (χ3n) is 3.36. The summed E-state index contributed by atoms with van der Waals surface area (Å²) in [4.78, 5) is 12.0. The van der Waals surface area contributed by atoms with Crippen molar-refractivity contribution in [2.45, 2.75) is 19.6 Å². The fraction of sp³-hybridized carbons (Fsp3) is 0.278. The van der Waals surface area contributed by atoms with Crippen LogP contribution >= 0.6 is 0 Å². The highest BCUT2D eigenvalue weighted by Crippen LogP contribution is 2.25. The van der Waals surface area contributed by atoms with Gasteiger partial charge in [0.05, 0.1) is 12.8 Å². The lowest BCUT2D eigenvalue weighted by Crippen LogP contribution is -2.28. The van der Waals surface area contributed by atoms with Crippen molar-refractivity contribution >= 4 is 11.7 Å². The maximum absolute atomic E-state index is 12.2. The third kappa shape index (κ3) is 6.19. The first-order valence-electron chi connectivity index (χ1n) is 7.75. The summed E-state index contributed by atoms with van der Waals surface area (Å²) in [5, 5.41) is 5.31. The van der Waals surface area contributed by atoms with Crippen molar-refractivity contribution in [1.82, 2.24) is 5.32 Å². The third-order valence-corrected chi connectivity index (χ3v) is 3.36. The molecule has 0 saturated carbocycles. The molecule has 0 spiro atoms. The Morgan fingerprint density at radius 3 is 2.62 bits per heavy atom. The highest BCUT2D eigenvalue weighted by molar-refractivity contribution is 5.91. The van der Waals surface area contributed by atoms with Crippen LogP contribution in [0.3, 0.4) is 0 Å². The SMILES string of the molecule is COc1ccc(C)cc1NC(=O)NCc1cccc(OCC(F)(F)F)c1. The van der Waals surface area contributed by atoms with E-state index >= 15 is 0 Å². The summed E-state index contributed by atoms with van der Waals surface area (Å²) in [7, 11) is 1.50. The molecular weight excluding hydrogens is 349 g/mol. The van der Waals surface area contributed by atoms with E-state index in [9.17, 15) is 18.0 Å². The molecule has 0 aliphatic carbocycles. The lowest BCUT2D eigenvalue weighted by Gasteiger charge is -2.13. The van der Waals surface area contributed by atoms with Gasteiger partial charge in [0, 0.05) is 6.54 Å². The molecule has 0 aromatic heterocycles. The van der Waals surface area contributed by atoms with Crippen LogP contribution in [0.1, 0.15) is 11.1 Å². The fourth-order valence-electron chi connectivity index (χ4n) is 2.18. The predicted octanol–water partition coefficient (Wildman–Crippen LogP) is 4.27. The number of nitrogens with one attached hydrogen (secondary N) is 2. The maximum atomic E-state index is 12.2. The number of amides is 2. The Bertz CT molecular complexity index is 764. The molecule has 0 bridgehead atoms. The van der Waals surface area contributed by atoms with Crippen molar-refractivity contribution in [3.63, 3.8) is 0 Å². The molecule has 26 heavy (non-hydrogen) atoms. The Morgan fingerprint density at radius 1 is 1.15 bits per heavy atom. The van der Waals surface area contributed by atoms with Crippen LogP contribution in [0.15, 0.2) is 42.5 Å². The number of carbonyl (C=O) groups excluding carboxylic acids is 1. The van der Waals surface area contributed by atoms with E-state index in [0.717, 1.165) is 5.56 Å². The van der Waals surface area contributed by atoms with Gasteiger partial charge in [-0.05, 0) is 42.3 Å². The van der Waals surface area contributed by atoms with E-state index in [2.05, 4.69) is 15.4 Å². The van der Waals surface area contributed by atoms with E-state index in [-0.39, 0.29) is 12.3 Å². The number of ether oxygens (including phenoxy) is 2. The van der Waals surface area contributed by atoms with Crippen LogP contribution in [0, 0.1) is 6.92 Å². The van der Waals surface area contributed by atoms with Crippen molar-refractivity contribution in [1.29, 1.82) is 0 Å². The largest absolute Gasteiger partial charge is 0.495 e. The molecule has 2 N–H and O–H groups in total. The molecule has 0 fully saturated rings. The predicted molar refractivity (Wildman–Crippen MR) is 91.6 cm³/mol. The van der Waals surface area contributed by atoms with Gasteiger partial charge >= 0.3 is 12.2 Å². The highest BCUT2D eigenvalue weighted by atomic mass is 19.4. The second kappa shape index (κ2) is 8.46. The van der Waals surface area contributed by atoms with Crippen molar-refractivity contribution in [3.8, 4) is 11.5 Å². The Labute approximate surface area is 149 Å². The van der Waals surface area contributed by atoms with Gasteiger partial charge in [-0.3, -0.25) is 0 Å². The Balaban J connectivity index is 1.92. The smallest absolute Gasteiger partial charge is 0.422 e. The summed E-state index contributed by atoms with van der Waals surface area (Å²) >= 11 is 0. The van der Waals surface area contributed by atoms with Crippen LogP contribution in [-0.2, 0) is 6.54 Å². The number of methoxy groups -OCH3 is 1. The van der Waals surface area contributed by atoms with Gasteiger partial charge in [0.2, 0.25) is 0 Å². The summed E-state index contributed by atoms with van der Waals surface area (Å²) in [6.45, 7) is 0.648. The summed E-state index contributed by atoms with van der Waals surface area (Å²) in [5.41, 5.74) is 2.08. The lowest BCUT2D eigenvalue weighted by atomic mass is 10.2. The van der Waals surface area contributed by atoms with Crippen LogP contribution in [0.4, 0.5) is 23.7 Å². The molecule has 0 unspecified atom stereocenters.